The summed E-state index contributed by atoms with van der Waals surface area (Å²) >= 11 is 0. The Balaban J connectivity index is 1.37. The molecule has 150 valence electrons. The van der Waals surface area contributed by atoms with Gasteiger partial charge in [-0.2, -0.15) is 5.10 Å². The first-order valence-electron chi connectivity index (χ1n) is 9.85. The summed E-state index contributed by atoms with van der Waals surface area (Å²) in [4.78, 5) is 28.4. The minimum absolute atomic E-state index is 0.0331. The first-order chi connectivity index (χ1) is 14.7. The van der Waals surface area contributed by atoms with Crippen LogP contribution in [0.3, 0.4) is 0 Å². The summed E-state index contributed by atoms with van der Waals surface area (Å²) in [6.45, 7) is 1.57. The van der Waals surface area contributed by atoms with Crippen LogP contribution in [0.5, 0.6) is 0 Å². The number of aromatic amines is 1. The van der Waals surface area contributed by atoms with Crippen molar-refractivity contribution in [2.75, 3.05) is 18.0 Å². The Labute approximate surface area is 173 Å². The molecule has 3 aromatic heterocycles. The summed E-state index contributed by atoms with van der Waals surface area (Å²) < 4.78 is 0. The van der Waals surface area contributed by atoms with Gasteiger partial charge in [0.1, 0.15) is 12.1 Å². The Morgan fingerprint density at radius 3 is 2.70 bits per heavy atom. The average Bonchev–Trinajstić information content (AvgIpc) is 3.25. The predicted octanol–water partition coefficient (Wildman–Crippen LogP) is 2.11. The number of hydrogen-bond donors (Lipinski definition) is 2. The van der Waals surface area contributed by atoms with E-state index in [1.54, 1.807) is 12.4 Å². The smallest absolute Gasteiger partial charge is 0.230 e. The second-order valence-electron chi connectivity index (χ2n) is 7.63. The van der Waals surface area contributed by atoms with Gasteiger partial charge in [0.05, 0.1) is 29.2 Å². The van der Waals surface area contributed by atoms with Gasteiger partial charge in [0.25, 0.3) is 0 Å². The molecule has 0 atom stereocenters. The molecule has 4 aromatic rings. The number of pyridine rings is 1. The number of benzene rings is 1. The van der Waals surface area contributed by atoms with Crippen LogP contribution in [0.1, 0.15) is 11.3 Å². The second kappa shape index (κ2) is 7.55. The number of carbonyl (C=O) groups excluding carboxylic acids is 1. The number of carbonyl (C=O) groups is 1. The maximum atomic E-state index is 13.3. The Kier molecular flexibility index (Phi) is 4.59. The van der Waals surface area contributed by atoms with E-state index in [4.69, 9.17) is 0 Å². The molecule has 0 radical (unpaired) electrons. The molecule has 8 nitrogen and oxygen atoms in total. The molecule has 8 heteroatoms. The minimum Gasteiger partial charge on any atom is -0.354 e. The van der Waals surface area contributed by atoms with E-state index >= 15 is 0 Å². The average molecular weight is 399 g/mol. The number of fused-ring (bicyclic) bond motifs is 1. The topological polar surface area (TPSA) is 99.7 Å². The molecular weight excluding hydrogens is 378 g/mol. The number of nitrogens with one attached hydrogen (secondary N) is 2. The molecule has 0 spiro atoms. The summed E-state index contributed by atoms with van der Waals surface area (Å²) in [5, 5.41) is 10.9. The quantitative estimate of drug-likeness (QED) is 0.515. The molecule has 0 unspecified atom stereocenters. The first-order valence-corrected chi connectivity index (χ1v) is 9.85. The molecule has 1 saturated heterocycles. The maximum Gasteiger partial charge on any atom is 0.230 e. The van der Waals surface area contributed by atoms with E-state index in [9.17, 15) is 4.79 Å². The van der Waals surface area contributed by atoms with Gasteiger partial charge in [-0.15, -0.1) is 0 Å². The number of H-pyrrole nitrogens is 1. The fourth-order valence-electron chi connectivity index (χ4n) is 4.02. The molecule has 1 fully saturated rings. The normalized spacial score (nSPS) is 15.0. The van der Waals surface area contributed by atoms with Crippen molar-refractivity contribution < 1.29 is 4.79 Å². The van der Waals surface area contributed by atoms with Gasteiger partial charge < -0.3 is 10.2 Å². The highest BCUT2D eigenvalue weighted by Crippen LogP contribution is 2.39. The van der Waals surface area contributed by atoms with Crippen molar-refractivity contribution in [2.24, 2.45) is 5.41 Å². The van der Waals surface area contributed by atoms with Crippen LogP contribution in [-0.2, 0) is 17.8 Å². The summed E-state index contributed by atoms with van der Waals surface area (Å²) in [5.74, 6) is 0.834. The van der Waals surface area contributed by atoms with Crippen molar-refractivity contribution in [3.05, 3.63) is 78.5 Å². The summed E-state index contributed by atoms with van der Waals surface area (Å²) in [7, 11) is 0. The van der Waals surface area contributed by atoms with Crippen LogP contribution in [-0.4, -0.2) is 44.1 Å². The third-order valence-electron chi connectivity index (χ3n) is 5.54. The highest BCUT2D eigenvalue weighted by molar-refractivity contribution is 5.90. The van der Waals surface area contributed by atoms with E-state index in [0.717, 1.165) is 22.5 Å². The standard InChI is InChI=1S/C22H21N7O/c30-21(24-11-17-8-4-5-9-23-17)22(10-16-6-2-1-3-7-16)13-29(14-22)20-18-12-27-28-19(18)25-15-26-20/h1-9,12,15H,10-11,13-14H2,(H,24,30)(H,25,26,27,28). The molecule has 2 N–H and O–H groups in total. The maximum absolute atomic E-state index is 13.3. The molecule has 0 aliphatic carbocycles. The van der Waals surface area contributed by atoms with Crippen molar-refractivity contribution in [1.29, 1.82) is 0 Å². The number of anilines is 1. The third-order valence-corrected chi connectivity index (χ3v) is 5.54. The van der Waals surface area contributed by atoms with Crippen molar-refractivity contribution >= 4 is 22.8 Å². The minimum atomic E-state index is -0.531. The van der Waals surface area contributed by atoms with Crippen LogP contribution < -0.4 is 10.2 Å². The highest BCUT2D eigenvalue weighted by atomic mass is 16.2. The molecule has 1 aliphatic heterocycles. The lowest BCUT2D eigenvalue weighted by atomic mass is 9.73. The van der Waals surface area contributed by atoms with E-state index in [2.05, 4.69) is 47.5 Å². The zero-order valence-electron chi connectivity index (χ0n) is 16.3. The van der Waals surface area contributed by atoms with Gasteiger partial charge in [0.2, 0.25) is 5.91 Å². The van der Waals surface area contributed by atoms with E-state index in [1.807, 2.05) is 36.4 Å². The first kappa shape index (κ1) is 18.2. The monoisotopic (exact) mass is 399 g/mol. The second-order valence-corrected chi connectivity index (χ2v) is 7.63. The van der Waals surface area contributed by atoms with Crippen LogP contribution in [0.4, 0.5) is 5.82 Å². The van der Waals surface area contributed by atoms with Crippen molar-refractivity contribution in [3.8, 4) is 0 Å². The fraction of sp³-hybridized carbons (Fsp3) is 0.227. The van der Waals surface area contributed by atoms with Crippen LogP contribution in [0.2, 0.25) is 0 Å². The molecule has 1 aliphatic rings. The van der Waals surface area contributed by atoms with Crippen LogP contribution >= 0.6 is 0 Å². The molecule has 5 rings (SSSR count). The molecule has 1 amide bonds. The predicted molar refractivity (Wildman–Crippen MR) is 113 cm³/mol. The lowest BCUT2D eigenvalue weighted by molar-refractivity contribution is -0.132. The number of nitrogens with zero attached hydrogens (tertiary/aromatic N) is 5. The van der Waals surface area contributed by atoms with Crippen molar-refractivity contribution in [1.82, 2.24) is 30.5 Å². The van der Waals surface area contributed by atoms with Gasteiger partial charge >= 0.3 is 0 Å². The largest absolute Gasteiger partial charge is 0.354 e. The Morgan fingerprint density at radius 2 is 1.90 bits per heavy atom. The number of rotatable bonds is 6. The molecule has 30 heavy (non-hydrogen) atoms. The van der Waals surface area contributed by atoms with Gasteiger partial charge in [0.15, 0.2) is 5.65 Å². The Hall–Kier alpha value is -3.81. The Bertz CT molecular complexity index is 1150. The zero-order chi connectivity index (χ0) is 20.4. The lowest BCUT2D eigenvalue weighted by Crippen LogP contribution is -2.64. The SMILES string of the molecule is O=C(NCc1ccccn1)C1(Cc2ccccc2)CN(c2ncnc3[nH]ncc23)C1. The Morgan fingerprint density at radius 1 is 1.07 bits per heavy atom. The molecule has 0 bridgehead atoms. The number of aromatic nitrogens is 5. The van der Waals surface area contributed by atoms with E-state index in [0.29, 0.717) is 31.7 Å². The molecular formula is C22H21N7O. The van der Waals surface area contributed by atoms with Gasteiger partial charge in [-0.3, -0.25) is 14.9 Å². The van der Waals surface area contributed by atoms with E-state index in [1.165, 1.54) is 6.33 Å². The van der Waals surface area contributed by atoms with Gasteiger partial charge in [0, 0.05) is 19.3 Å². The molecule has 0 saturated carbocycles. The summed E-state index contributed by atoms with van der Waals surface area (Å²) in [6.07, 6.45) is 5.65. The van der Waals surface area contributed by atoms with Gasteiger partial charge in [-0.05, 0) is 24.1 Å². The van der Waals surface area contributed by atoms with E-state index in [-0.39, 0.29) is 5.91 Å². The number of hydrogen-bond acceptors (Lipinski definition) is 6. The van der Waals surface area contributed by atoms with Crippen LogP contribution in [0.15, 0.2) is 67.3 Å². The fourth-order valence-corrected chi connectivity index (χ4v) is 4.02. The summed E-state index contributed by atoms with van der Waals surface area (Å²) in [5.41, 5.74) is 2.14. The highest BCUT2D eigenvalue weighted by Gasteiger charge is 2.50. The number of amides is 1. The van der Waals surface area contributed by atoms with Crippen LogP contribution in [0, 0.1) is 5.41 Å². The van der Waals surface area contributed by atoms with Gasteiger partial charge in [-0.1, -0.05) is 36.4 Å². The molecule has 4 heterocycles. The third kappa shape index (κ3) is 3.36. The molecule has 1 aromatic carbocycles. The van der Waals surface area contributed by atoms with E-state index < -0.39 is 5.41 Å². The van der Waals surface area contributed by atoms with Crippen molar-refractivity contribution in [3.63, 3.8) is 0 Å². The van der Waals surface area contributed by atoms with Crippen molar-refractivity contribution in [2.45, 2.75) is 13.0 Å². The zero-order valence-corrected chi connectivity index (χ0v) is 16.3. The van der Waals surface area contributed by atoms with Crippen LogP contribution in [0.25, 0.3) is 11.0 Å². The van der Waals surface area contributed by atoms with Gasteiger partial charge in [-0.25, -0.2) is 9.97 Å². The lowest BCUT2D eigenvalue weighted by Gasteiger charge is -2.49. The summed E-state index contributed by atoms with van der Waals surface area (Å²) in [6, 6.07) is 15.8.